The molecule has 0 atom stereocenters. The molecule has 0 fully saturated rings. The van der Waals surface area contributed by atoms with E-state index in [1.165, 1.54) is 12.1 Å². The minimum absolute atomic E-state index is 0.0771. The Morgan fingerprint density at radius 2 is 1.95 bits per heavy atom. The van der Waals surface area contributed by atoms with E-state index in [2.05, 4.69) is 0 Å². The van der Waals surface area contributed by atoms with Crippen LogP contribution in [-0.2, 0) is 11.2 Å². The van der Waals surface area contributed by atoms with E-state index in [0.29, 0.717) is 11.3 Å². The van der Waals surface area contributed by atoms with Gasteiger partial charge in [-0.15, -0.1) is 0 Å². The number of nitriles is 1. The molecule has 0 aliphatic heterocycles. The quantitative estimate of drug-likeness (QED) is 0.838. The summed E-state index contributed by atoms with van der Waals surface area (Å²) in [5, 5.41) is 8.75. The fourth-order valence-corrected chi connectivity index (χ4v) is 1.70. The summed E-state index contributed by atoms with van der Waals surface area (Å²) in [5.41, 5.74) is 1.22. The molecule has 3 nitrogen and oxygen atoms in total. The van der Waals surface area contributed by atoms with Gasteiger partial charge in [0.05, 0.1) is 11.6 Å². The van der Waals surface area contributed by atoms with Crippen LogP contribution in [0, 0.1) is 17.1 Å². The molecule has 0 bridgehead atoms. The van der Waals surface area contributed by atoms with Crippen molar-refractivity contribution in [2.45, 2.75) is 6.42 Å². The molecule has 2 rings (SSSR count). The Kier molecular flexibility index (Phi) is 4.46. The van der Waals surface area contributed by atoms with Gasteiger partial charge in [-0.25, -0.2) is 4.39 Å². The molecule has 4 heteroatoms. The minimum Gasteiger partial charge on any atom is -0.486 e. The van der Waals surface area contributed by atoms with E-state index in [4.69, 9.17) is 10.00 Å². The number of hydrogen-bond donors (Lipinski definition) is 0. The second kappa shape index (κ2) is 6.48. The summed E-state index contributed by atoms with van der Waals surface area (Å²) in [6.45, 7) is -0.0771. The lowest BCUT2D eigenvalue weighted by Crippen LogP contribution is -2.13. The number of ether oxygens (including phenoxy) is 1. The van der Waals surface area contributed by atoms with Crippen LogP contribution in [0.2, 0.25) is 0 Å². The standard InChI is InChI=1S/C16H12FNO2/c17-14-6-4-12(5-7-14)8-15(19)11-20-16-3-1-2-13(9-16)10-18/h1-7,9H,8,11H2. The van der Waals surface area contributed by atoms with Crippen molar-refractivity contribution in [2.75, 3.05) is 6.61 Å². The molecule has 0 heterocycles. The predicted molar refractivity (Wildman–Crippen MR) is 71.8 cm³/mol. The van der Waals surface area contributed by atoms with E-state index in [0.717, 1.165) is 5.56 Å². The number of nitrogens with zero attached hydrogens (tertiary/aromatic N) is 1. The van der Waals surface area contributed by atoms with Gasteiger partial charge < -0.3 is 4.74 Å². The van der Waals surface area contributed by atoms with Crippen molar-refractivity contribution in [1.29, 1.82) is 5.26 Å². The fraction of sp³-hybridized carbons (Fsp3) is 0.125. The van der Waals surface area contributed by atoms with Gasteiger partial charge in [0.2, 0.25) is 0 Å². The van der Waals surface area contributed by atoms with Crippen molar-refractivity contribution in [2.24, 2.45) is 0 Å². The molecule has 0 unspecified atom stereocenters. The largest absolute Gasteiger partial charge is 0.486 e. The molecular weight excluding hydrogens is 257 g/mol. The minimum atomic E-state index is -0.328. The maximum absolute atomic E-state index is 12.7. The van der Waals surface area contributed by atoms with Crippen LogP contribution in [0.4, 0.5) is 4.39 Å². The molecule has 0 aliphatic carbocycles. The summed E-state index contributed by atoms with van der Waals surface area (Å²) >= 11 is 0. The molecular formula is C16H12FNO2. The Balaban J connectivity index is 1.89. The molecule has 2 aromatic rings. The first-order chi connectivity index (χ1) is 9.67. The van der Waals surface area contributed by atoms with Crippen molar-refractivity contribution < 1.29 is 13.9 Å². The van der Waals surface area contributed by atoms with Crippen LogP contribution in [0.1, 0.15) is 11.1 Å². The second-order valence-corrected chi connectivity index (χ2v) is 4.27. The Hall–Kier alpha value is -2.67. The number of rotatable bonds is 5. The van der Waals surface area contributed by atoms with E-state index in [9.17, 15) is 9.18 Å². The van der Waals surface area contributed by atoms with Gasteiger partial charge in [0.15, 0.2) is 5.78 Å². The van der Waals surface area contributed by atoms with Crippen LogP contribution in [0.3, 0.4) is 0 Å². The molecule has 2 aromatic carbocycles. The lowest BCUT2D eigenvalue weighted by molar-refractivity contribution is -0.120. The summed E-state index contributed by atoms with van der Waals surface area (Å²) in [6.07, 6.45) is 0.193. The zero-order chi connectivity index (χ0) is 14.4. The van der Waals surface area contributed by atoms with Gasteiger partial charge in [0.25, 0.3) is 0 Å². The third-order valence-corrected chi connectivity index (χ3v) is 2.68. The van der Waals surface area contributed by atoms with Crippen LogP contribution in [0.15, 0.2) is 48.5 Å². The average molecular weight is 269 g/mol. The van der Waals surface area contributed by atoms with Crippen molar-refractivity contribution >= 4 is 5.78 Å². The Morgan fingerprint density at radius 3 is 2.65 bits per heavy atom. The number of halogens is 1. The van der Waals surface area contributed by atoms with Crippen LogP contribution in [-0.4, -0.2) is 12.4 Å². The summed E-state index contributed by atoms with van der Waals surface area (Å²) in [7, 11) is 0. The van der Waals surface area contributed by atoms with Crippen LogP contribution < -0.4 is 4.74 Å². The first-order valence-corrected chi connectivity index (χ1v) is 6.06. The molecule has 0 saturated heterocycles. The predicted octanol–water partition coefficient (Wildman–Crippen LogP) is 2.89. The lowest BCUT2D eigenvalue weighted by Gasteiger charge is -2.05. The first-order valence-electron chi connectivity index (χ1n) is 6.06. The molecule has 0 aliphatic rings. The maximum Gasteiger partial charge on any atom is 0.174 e. The highest BCUT2D eigenvalue weighted by molar-refractivity contribution is 5.82. The van der Waals surface area contributed by atoms with Crippen molar-refractivity contribution in [1.82, 2.24) is 0 Å². The number of Topliss-reactive ketones (excluding diaryl/α,β-unsaturated/α-hetero) is 1. The maximum atomic E-state index is 12.7. The Labute approximate surface area is 116 Å². The van der Waals surface area contributed by atoms with Crippen molar-refractivity contribution in [3.05, 3.63) is 65.5 Å². The molecule has 0 aromatic heterocycles. The molecule has 0 N–H and O–H groups in total. The van der Waals surface area contributed by atoms with E-state index in [1.54, 1.807) is 36.4 Å². The molecule has 0 amide bonds. The topological polar surface area (TPSA) is 50.1 Å². The molecule has 0 spiro atoms. The van der Waals surface area contributed by atoms with Crippen LogP contribution in [0.25, 0.3) is 0 Å². The normalized spacial score (nSPS) is 9.80. The average Bonchev–Trinajstić information content (AvgIpc) is 2.48. The SMILES string of the molecule is N#Cc1cccc(OCC(=O)Cc2ccc(F)cc2)c1. The van der Waals surface area contributed by atoms with Gasteiger partial charge in [0, 0.05) is 6.42 Å². The highest BCUT2D eigenvalue weighted by Crippen LogP contribution is 2.12. The van der Waals surface area contributed by atoms with Crippen LogP contribution in [0.5, 0.6) is 5.75 Å². The van der Waals surface area contributed by atoms with Gasteiger partial charge in [0.1, 0.15) is 18.2 Å². The zero-order valence-electron chi connectivity index (χ0n) is 10.7. The van der Waals surface area contributed by atoms with Crippen LogP contribution >= 0.6 is 0 Å². The molecule has 0 saturated carbocycles. The van der Waals surface area contributed by atoms with Crippen molar-refractivity contribution in [3.63, 3.8) is 0 Å². The lowest BCUT2D eigenvalue weighted by atomic mass is 10.1. The number of hydrogen-bond acceptors (Lipinski definition) is 3. The Morgan fingerprint density at radius 1 is 1.20 bits per heavy atom. The molecule has 0 radical (unpaired) electrons. The van der Waals surface area contributed by atoms with Gasteiger partial charge in [-0.3, -0.25) is 4.79 Å². The number of ketones is 1. The van der Waals surface area contributed by atoms with E-state index in [-0.39, 0.29) is 24.6 Å². The van der Waals surface area contributed by atoms with E-state index in [1.807, 2.05) is 6.07 Å². The fourth-order valence-electron chi connectivity index (χ4n) is 1.70. The third-order valence-electron chi connectivity index (χ3n) is 2.68. The second-order valence-electron chi connectivity index (χ2n) is 4.27. The molecule has 100 valence electrons. The number of benzene rings is 2. The van der Waals surface area contributed by atoms with Gasteiger partial charge in [-0.1, -0.05) is 18.2 Å². The van der Waals surface area contributed by atoms with Crippen molar-refractivity contribution in [3.8, 4) is 11.8 Å². The smallest absolute Gasteiger partial charge is 0.174 e. The summed E-state index contributed by atoms with van der Waals surface area (Å²) in [5.74, 6) is 0.0428. The number of carbonyl (C=O) groups is 1. The highest BCUT2D eigenvalue weighted by Gasteiger charge is 2.05. The summed E-state index contributed by atoms with van der Waals surface area (Å²) in [6, 6.07) is 14.4. The van der Waals surface area contributed by atoms with Gasteiger partial charge in [-0.2, -0.15) is 5.26 Å². The summed E-state index contributed by atoms with van der Waals surface area (Å²) in [4.78, 5) is 11.7. The van der Waals surface area contributed by atoms with E-state index >= 15 is 0 Å². The Bertz CT molecular complexity index is 644. The zero-order valence-corrected chi connectivity index (χ0v) is 10.7. The number of carbonyl (C=O) groups excluding carboxylic acids is 1. The first kappa shape index (κ1) is 13.8. The summed E-state index contributed by atoms with van der Waals surface area (Å²) < 4.78 is 18.1. The monoisotopic (exact) mass is 269 g/mol. The molecule has 20 heavy (non-hydrogen) atoms. The van der Waals surface area contributed by atoms with Gasteiger partial charge in [-0.05, 0) is 35.9 Å². The third kappa shape index (κ3) is 3.92. The van der Waals surface area contributed by atoms with Gasteiger partial charge >= 0.3 is 0 Å². The van der Waals surface area contributed by atoms with E-state index < -0.39 is 0 Å². The highest BCUT2D eigenvalue weighted by atomic mass is 19.1.